The minimum absolute atomic E-state index is 0.0237. The Morgan fingerprint density at radius 2 is 1.39 bits per heavy atom. The molecule has 1 aromatic rings. The molecule has 0 aliphatic heterocycles. The molecule has 7 nitrogen and oxygen atoms in total. The molecule has 0 bridgehead atoms. The summed E-state index contributed by atoms with van der Waals surface area (Å²) in [6.07, 6.45) is -2.49. The van der Waals surface area contributed by atoms with Gasteiger partial charge in [-0.3, -0.25) is 14.9 Å². The number of hydrogen-bond acceptors (Lipinski definition) is 6. The summed E-state index contributed by atoms with van der Waals surface area (Å²) in [4.78, 5) is 23.8. The maximum atomic E-state index is 13.4. The van der Waals surface area contributed by atoms with Crippen LogP contribution in [0.3, 0.4) is 0 Å². The summed E-state index contributed by atoms with van der Waals surface area (Å²) in [7, 11) is -4.47. The molecular weight excluding hydrogens is 454 g/mol. The molecule has 9 heteroatoms. The van der Waals surface area contributed by atoms with Gasteiger partial charge >= 0.3 is 0 Å². The van der Waals surface area contributed by atoms with Crippen LogP contribution in [0.2, 0.25) is 36.3 Å². The zero-order valence-corrected chi connectivity index (χ0v) is 24.2. The van der Waals surface area contributed by atoms with Crippen LogP contribution in [0.25, 0.3) is 0 Å². The smallest absolute Gasteiger partial charge is 0.269 e. The lowest BCUT2D eigenvalue weighted by Gasteiger charge is -2.44. The van der Waals surface area contributed by atoms with E-state index >= 15 is 0 Å². The van der Waals surface area contributed by atoms with Gasteiger partial charge in [-0.1, -0.05) is 41.5 Å². The van der Waals surface area contributed by atoms with Crippen LogP contribution in [0.1, 0.15) is 66.6 Å². The molecule has 0 saturated heterocycles. The van der Waals surface area contributed by atoms with E-state index in [0.29, 0.717) is 5.56 Å². The minimum atomic E-state index is -2.31. The van der Waals surface area contributed by atoms with Crippen molar-refractivity contribution in [2.45, 2.75) is 109 Å². The van der Waals surface area contributed by atoms with E-state index in [4.69, 9.17) is 8.85 Å². The van der Waals surface area contributed by atoms with Crippen molar-refractivity contribution in [3.05, 3.63) is 39.9 Å². The first-order valence-electron chi connectivity index (χ1n) is 11.5. The fourth-order valence-electron chi connectivity index (χ4n) is 2.86. The molecule has 0 aliphatic rings. The van der Waals surface area contributed by atoms with Gasteiger partial charge in [0.05, 0.1) is 17.1 Å². The highest BCUT2D eigenvalue weighted by Crippen LogP contribution is 2.40. The van der Waals surface area contributed by atoms with Gasteiger partial charge in [0.1, 0.15) is 6.10 Å². The number of non-ortho nitro benzene ring substituents is 1. The molecule has 0 fully saturated rings. The Morgan fingerprint density at radius 3 is 1.79 bits per heavy atom. The molecule has 188 valence electrons. The molecule has 0 aromatic heterocycles. The second kappa shape index (κ2) is 10.5. The van der Waals surface area contributed by atoms with Crippen LogP contribution in [0.5, 0.6) is 0 Å². The van der Waals surface area contributed by atoms with E-state index in [1.165, 1.54) is 24.3 Å². The molecule has 0 saturated carbocycles. The zero-order valence-electron chi connectivity index (χ0n) is 22.2. The molecule has 3 atom stereocenters. The number of benzene rings is 1. The van der Waals surface area contributed by atoms with E-state index in [1.54, 1.807) is 0 Å². The number of rotatable bonds is 10. The molecule has 0 amide bonds. The number of aliphatic hydroxyl groups is 1. The van der Waals surface area contributed by atoms with Gasteiger partial charge < -0.3 is 14.0 Å². The van der Waals surface area contributed by atoms with Gasteiger partial charge in [-0.05, 0) is 60.9 Å². The second-order valence-electron chi connectivity index (χ2n) is 11.9. The number of aliphatic hydroxyl groups excluding tert-OH is 1. The van der Waals surface area contributed by atoms with Crippen molar-refractivity contribution in [2.24, 2.45) is 0 Å². The Morgan fingerprint density at radius 1 is 0.970 bits per heavy atom. The van der Waals surface area contributed by atoms with Crippen molar-refractivity contribution in [3.63, 3.8) is 0 Å². The third-order valence-electron chi connectivity index (χ3n) is 7.14. The predicted octanol–water partition coefficient (Wildman–Crippen LogP) is 6.39. The van der Waals surface area contributed by atoms with Gasteiger partial charge in [0.25, 0.3) is 5.69 Å². The number of nitro groups is 1. The Hall–Kier alpha value is -1.40. The van der Waals surface area contributed by atoms with Crippen molar-refractivity contribution in [3.8, 4) is 0 Å². The Bertz CT molecular complexity index is 825. The van der Waals surface area contributed by atoms with Gasteiger partial charge in [0.2, 0.25) is 0 Å². The number of carbonyl (C=O) groups excluding carboxylic acids is 1. The van der Waals surface area contributed by atoms with Crippen molar-refractivity contribution >= 4 is 28.1 Å². The third-order valence-corrected chi connectivity index (χ3v) is 16.2. The highest BCUT2D eigenvalue weighted by molar-refractivity contribution is 6.74. The van der Waals surface area contributed by atoms with Crippen molar-refractivity contribution < 1.29 is 23.7 Å². The number of ketones is 1. The summed E-state index contributed by atoms with van der Waals surface area (Å²) in [6, 6.07) is 5.62. The maximum Gasteiger partial charge on any atom is 0.269 e. The molecule has 0 spiro atoms. The first-order chi connectivity index (χ1) is 14.7. The topological polar surface area (TPSA) is 98.9 Å². The minimum Gasteiger partial charge on any atom is -0.411 e. The lowest BCUT2D eigenvalue weighted by molar-refractivity contribution is -0.384. The second-order valence-corrected chi connectivity index (χ2v) is 21.4. The van der Waals surface area contributed by atoms with E-state index in [2.05, 4.69) is 67.7 Å². The van der Waals surface area contributed by atoms with Gasteiger partial charge in [-0.15, -0.1) is 0 Å². The number of nitrogens with zero attached hydrogens (tertiary/aromatic N) is 1. The van der Waals surface area contributed by atoms with Crippen molar-refractivity contribution in [1.82, 2.24) is 0 Å². The largest absolute Gasteiger partial charge is 0.411 e. The van der Waals surface area contributed by atoms with Gasteiger partial charge in [0, 0.05) is 18.6 Å². The van der Waals surface area contributed by atoms with Crippen LogP contribution >= 0.6 is 0 Å². The summed E-state index contributed by atoms with van der Waals surface area (Å²) in [5.41, 5.74) is 0.394. The summed E-state index contributed by atoms with van der Waals surface area (Å²) < 4.78 is 13.1. The first kappa shape index (κ1) is 29.6. The lowest BCUT2D eigenvalue weighted by Crippen LogP contribution is -2.53. The molecule has 0 unspecified atom stereocenters. The molecular formula is C24H43NO6Si2. The summed E-state index contributed by atoms with van der Waals surface area (Å²) in [6.45, 7) is 23.2. The van der Waals surface area contributed by atoms with Crippen LogP contribution in [-0.2, 0) is 13.6 Å². The fraction of sp³-hybridized carbons (Fsp3) is 0.708. The molecule has 0 heterocycles. The van der Waals surface area contributed by atoms with E-state index in [1.807, 2.05) is 6.92 Å². The van der Waals surface area contributed by atoms with E-state index < -0.39 is 39.9 Å². The highest BCUT2D eigenvalue weighted by atomic mass is 28.4. The highest BCUT2D eigenvalue weighted by Gasteiger charge is 2.45. The third kappa shape index (κ3) is 7.82. The molecule has 1 rings (SSSR count). The zero-order chi connectivity index (χ0) is 26.0. The normalized spacial score (nSPS) is 16.2. The molecule has 0 aliphatic carbocycles. The number of Topliss-reactive ketones (excluding diaryl/α,β-unsaturated/α-hetero) is 1. The Balaban J connectivity index is 3.18. The quantitative estimate of drug-likeness (QED) is 0.228. The summed E-state index contributed by atoms with van der Waals surface area (Å²) in [5, 5.41) is 21.5. The van der Waals surface area contributed by atoms with Crippen LogP contribution in [0.4, 0.5) is 5.69 Å². The standard InChI is InChI=1S/C24H43NO6Si2/c1-17(30-32(8,9)23(2,3)4)22(31-33(10,11)24(5,6)7)21(27)16-20(26)18-12-14-19(15-13-18)25(28)29/h12-15,17,20,22,26H,16H2,1-11H3/t17-,20+,22-/m0/s1. The monoisotopic (exact) mass is 497 g/mol. The molecule has 0 radical (unpaired) electrons. The maximum absolute atomic E-state index is 13.4. The number of hydrogen-bond donors (Lipinski definition) is 1. The molecule has 33 heavy (non-hydrogen) atoms. The van der Waals surface area contributed by atoms with Crippen LogP contribution < -0.4 is 0 Å². The van der Waals surface area contributed by atoms with E-state index in [-0.39, 0.29) is 28.0 Å². The fourth-order valence-corrected chi connectivity index (χ4v) is 5.58. The van der Waals surface area contributed by atoms with Crippen molar-refractivity contribution in [1.29, 1.82) is 0 Å². The van der Waals surface area contributed by atoms with Crippen LogP contribution in [0.15, 0.2) is 24.3 Å². The first-order valence-corrected chi connectivity index (χ1v) is 17.3. The van der Waals surface area contributed by atoms with Crippen LogP contribution in [0, 0.1) is 10.1 Å². The molecule has 1 aromatic carbocycles. The SMILES string of the molecule is C[C@H](O[Si](C)(C)C(C)(C)C)[C@H](O[Si](C)(C)C(C)(C)C)C(=O)C[C@@H](O)c1ccc([N+](=O)[O-])cc1. The Kier molecular flexibility index (Phi) is 9.41. The van der Waals surface area contributed by atoms with Gasteiger partial charge in [-0.2, -0.15) is 0 Å². The number of nitro benzene ring substituents is 1. The van der Waals surface area contributed by atoms with E-state index in [9.17, 15) is 20.0 Å². The molecule has 1 N–H and O–H groups in total. The van der Waals surface area contributed by atoms with Gasteiger partial charge in [-0.25, -0.2) is 0 Å². The number of carbonyl (C=O) groups is 1. The summed E-state index contributed by atoms with van der Waals surface area (Å²) in [5.74, 6) is -0.225. The van der Waals surface area contributed by atoms with Gasteiger partial charge in [0.15, 0.2) is 22.4 Å². The lowest BCUT2D eigenvalue weighted by atomic mass is 10.00. The van der Waals surface area contributed by atoms with Crippen molar-refractivity contribution in [2.75, 3.05) is 0 Å². The average molecular weight is 498 g/mol. The van der Waals surface area contributed by atoms with Crippen LogP contribution in [-0.4, -0.2) is 44.7 Å². The summed E-state index contributed by atoms with van der Waals surface area (Å²) >= 11 is 0. The Labute approximate surface area is 201 Å². The average Bonchev–Trinajstić information content (AvgIpc) is 2.63. The van der Waals surface area contributed by atoms with E-state index in [0.717, 1.165) is 0 Å². The predicted molar refractivity (Wildman–Crippen MR) is 137 cm³/mol.